The van der Waals surface area contributed by atoms with Gasteiger partial charge in [0.25, 0.3) is 0 Å². The summed E-state index contributed by atoms with van der Waals surface area (Å²) in [7, 11) is 0. The normalized spacial score (nSPS) is 44.6. The van der Waals surface area contributed by atoms with Gasteiger partial charge in [-0.3, -0.25) is 4.79 Å². The molecule has 184 valence electrons. The lowest BCUT2D eigenvalue weighted by Gasteiger charge is -2.61. The second kappa shape index (κ2) is 9.59. The van der Waals surface area contributed by atoms with Gasteiger partial charge in [-0.25, -0.2) is 0 Å². The molecule has 0 aromatic carbocycles. The summed E-state index contributed by atoms with van der Waals surface area (Å²) in [6, 6.07) is 0. The highest BCUT2D eigenvalue weighted by Crippen LogP contribution is 2.68. The number of carbonyl (C=O) groups is 1. The smallest absolute Gasteiger partial charge is 0.243 e. The fourth-order valence-corrected chi connectivity index (χ4v) is 9.59. The lowest BCUT2D eigenvalue weighted by Crippen LogP contribution is -2.54. The molecule has 1 amide bonds. The first-order chi connectivity index (χ1) is 15.1. The maximum atomic E-state index is 11.2. The molecule has 4 fully saturated rings. The Morgan fingerprint density at radius 2 is 1.66 bits per heavy atom. The van der Waals surface area contributed by atoms with Gasteiger partial charge in [-0.1, -0.05) is 53.9 Å². The summed E-state index contributed by atoms with van der Waals surface area (Å²) in [5.41, 5.74) is 6.40. The number of ether oxygens (including phenoxy) is 1. The van der Waals surface area contributed by atoms with Gasteiger partial charge in [0.1, 0.15) is 6.61 Å². The zero-order chi connectivity index (χ0) is 23.1. The maximum Gasteiger partial charge on any atom is 0.243 e. The van der Waals surface area contributed by atoms with Crippen molar-refractivity contribution < 1.29 is 9.53 Å². The van der Waals surface area contributed by atoms with Crippen LogP contribution >= 0.6 is 0 Å². The van der Waals surface area contributed by atoms with Crippen LogP contribution in [0.5, 0.6) is 0 Å². The fourth-order valence-electron chi connectivity index (χ4n) is 9.59. The van der Waals surface area contributed by atoms with E-state index >= 15 is 0 Å². The Labute approximate surface area is 198 Å². The highest BCUT2D eigenvalue weighted by Gasteiger charge is 2.60. The Kier molecular flexibility index (Phi) is 7.36. The minimum atomic E-state index is -0.331. The molecule has 4 saturated carbocycles. The van der Waals surface area contributed by atoms with E-state index in [4.69, 9.17) is 10.5 Å². The number of rotatable bonds is 8. The number of hydrogen-bond acceptors (Lipinski definition) is 2. The molecule has 0 saturated heterocycles. The molecular formula is C29H51NO2. The van der Waals surface area contributed by atoms with E-state index in [1.54, 1.807) is 0 Å². The van der Waals surface area contributed by atoms with Crippen LogP contribution in [0.15, 0.2) is 0 Å². The highest BCUT2D eigenvalue weighted by molar-refractivity contribution is 5.75. The van der Waals surface area contributed by atoms with Crippen LogP contribution in [0.4, 0.5) is 0 Å². The van der Waals surface area contributed by atoms with E-state index in [1.807, 2.05) is 0 Å². The summed E-state index contributed by atoms with van der Waals surface area (Å²) in [6.45, 7) is 12.7. The maximum absolute atomic E-state index is 11.2. The van der Waals surface area contributed by atoms with E-state index in [-0.39, 0.29) is 18.6 Å². The van der Waals surface area contributed by atoms with Gasteiger partial charge in [0.2, 0.25) is 5.91 Å². The Morgan fingerprint density at radius 3 is 2.38 bits per heavy atom. The van der Waals surface area contributed by atoms with Crippen LogP contribution in [0.2, 0.25) is 0 Å². The van der Waals surface area contributed by atoms with E-state index in [9.17, 15) is 4.79 Å². The Bertz CT molecular complexity index is 662. The van der Waals surface area contributed by atoms with Crippen LogP contribution in [-0.2, 0) is 9.53 Å². The van der Waals surface area contributed by atoms with Crippen molar-refractivity contribution in [2.75, 3.05) is 6.61 Å². The molecule has 3 heteroatoms. The second-order valence-electron chi connectivity index (χ2n) is 13.4. The van der Waals surface area contributed by atoms with Crippen LogP contribution in [0.1, 0.15) is 112 Å². The first-order valence-corrected chi connectivity index (χ1v) is 14.0. The highest BCUT2D eigenvalue weighted by atomic mass is 16.5. The van der Waals surface area contributed by atoms with Crippen LogP contribution in [0, 0.1) is 52.3 Å². The number of amides is 1. The van der Waals surface area contributed by atoms with E-state index in [0.29, 0.717) is 10.8 Å². The second-order valence-corrected chi connectivity index (χ2v) is 13.4. The molecule has 4 rings (SSSR count). The molecule has 2 N–H and O–H groups in total. The summed E-state index contributed by atoms with van der Waals surface area (Å²) in [5, 5.41) is 0. The molecule has 4 aliphatic carbocycles. The molecule has 0 aromatic rings. The zero-order valence-corrected chi connectivity index (χ0v) is 21.7. The topological polar surface area (TPSA) is 52.3 Å². The van der Waals surface area contributed by atoms with Crippen molar-refractivity contribution in [2.45, 2.75) is 118 Å². The van der Waals surface area contributed by atoms with Gasteiger partial charge < -0.3 is 10.5 Å². The number of hydrogen-bond donors (Lipinski definition) is 1. The SMILES string of the molecule is CC(C)CCC[C@@H](C)[C@H]1CC[C@H]2[C@@H]3CCC4CC(OCC(N)=O)CC[C@]4(C)[C@H]3CC[C@]12C. The fraction of sp³-hybridized carbons (Fsp3) is 0.966. The number of nitrogens with two attached hydrogens (primary N) is 1. The predicted octanol–water partition coefficient (Wildman–Crippen LogP) is 6.98. The van der Waals surface area contributed by atoms with Gasteiger partial charge in [-0.15, -0.1) is 0 Å². The third-order valence-corrected chi connectivity index (χ3v) is 11.3. The zero-order valence-electron chi connectivity index (χ0n) is 21.7. The molecule has 4 aliphatic rings. The molecule has 0 heterocycles. The molecule has 9 atom stereocenters. The molecule has 0 bridgehead atoms. The molecule has 3 nitrogen and oxygen atoms in total. The van der Waals surface area contributed by atoms with Gasteiger partial charge >= 0.3 is 0 Å². The third-order valence-electron chi connectivity index (χ3n) is 11.3. The van der Waals surface area contributed by atoms with Crippen molar-refractivity contribution in [3.63, 3.8) is 0 Å². The Hall–Kier alpha value is -0.570. The van der Waals surface area contributed by atoms with E-state index < -0.39 is 0 Å². The molecular weight excluding hydrogens is 394 g/mol. The average molecular weight is 446 g/mol. The average Bonchev–Trinajstić information content (AvgIpc) is 3.09. The van der Waals surface area contributed by atoms with E-state index in [1.165, 1.54) is 64.2 Å². The number of fused-ring (bicyclic) bond motifs is 5. The Morgan fingerprint density at radius 1 is 0.938 bits per heavy atom. The van der Waals surface area contributed by atoms with Crippen molar-refractivity contribution in [3.8, 4) is 0 Å². The molecule has 0 radical (unpaired) electrons. The van der Waals surface area contributed by atoms with Crippen molar-refractivity contribution in [2.24, 2.45) is 58.0 Å². The third kappa shape index (κ3) is 4.53. The molecule has 0 spiro atoms. The quantitative estimate of drug-likeness (QED) is 0.438. The Balaban J connectivity index is 1.41. The summed E-state index contributed by atoms with van der Waals surface area (Å²) < 4.78 is 5.87. The van der Waals surface area contributed by atoms with E-state index in [2.05, 4.69) is 34.6 Å². The first kappa shape index (κ1) is 24.6. The van der Waals surface area contributed by atoms with Crippen molar-refractivity contribution in [3.05, 3.63) is 0 Å². The molecule has 32 heavy (non-hydrogen) atoms. The van der Waals surface area contributed by atoms with Crippen molar-refractivity contribution in [1.82, 2.24) is 0 Å². The number of primary amides is 1. The molecule has 2 unspecified atom stereocenters. The van der Waals surface area contributed by atoms with Crippen LogP contribution in [0.3, 0.4) is 0 Å². The summed E-state index contributed by atoms with van der Waals surface area (Å²) in [6.07, 6.45) is 16.7. The van der Waals surface area contributed by atoms with Gasteiger partial charge in [-0.2, -0.15) is 0 Å². The summed E-state index contributed by atoms with van der Waals surface area (Å²) >= 11 is 0. The minimum absolute atomic E-state index is 0.0946. The number of carbonyl (C=O) groups excluding carboxylic acids is 1. The monoisotopic (exact) mass is 445 g/mol. The van der Waals surface area contributed by atoms with Gasteiger partial charge in [0.15, 0.2) is 0 Å². The van der Waals surface area contributed by atoms with Crippen LogP contribution < -0.4 is 5.73 Å². The lowest BCUT2D eigenvalue weighted by atomic mass is 9.44. The van der Waals surface area contributed by atoms with Gasteiger partial charge in [0, 0.05) is 0 Å². The largest absolute Gasteiger partial charge is 0.368 e. The van der Waals surface area contributed by atoms with E-state index in [0.717, 1.165) is 54.3 Å². The standard InChI is InChI=1S/C29H51NO2/c1-19(2)7-6-8-20(3)24-11-12-25-23-10-9-21-17-22(32-18-27(30)31)13-15-28(21,4)26(23)14-16-29(24,25)5/h19-26H,6-18H2,1-5H3,(H2,30,31)/t20-,21?,22?,23+,24-,25+,26+,28+,29-/m1/s1. The van der Waals surface area contributed by atoms with Crippen LogP contribution in [-0.4, -0.2) is 18.6 Å². The predicted molar refractivity (Wildman–Crippen MR) is 132 cm³/mol. The van der Waals surface area contributed by atoms with Crippen LogP contribution in [0.25, 0.3) is 0 Å². The van der Waals surface area contributed by atoms with Gasteiger partial charge in [0.05, 0.1) is 6.10 Å². The summed E-state index contributed by atoms with van der Waals surface area (Å²) in [5.74, 6) is 5.94. The van der Waals surface area contributed by atoms with Crippen molar-refractivity contribution in [1.29, 1.82) is 0 Å². The first-order valence-electron chi connectivity index (χ1n) is 14.0. The van der Waals surface area contributed by atoms with Crippen molar-refractivity contribution >= 4 is 5.91 Å². The minimum Gasteiger partial charge on any atom is -0.368 e. The van der Waals surface area contributed by atoms with Gasteiger partial charge in [-0.05, 0) is 110 Å². The molecule has 0 aliphatic heterocycles. The summed E-state index contributed by atoms with van der Waals surface area (Å²) in [4.78, 5) is 11.2. The lowest BCUT2D eigenvalue weighted by molar-refractivity contribution is -0.142. The molecule has 0 aromatic heterocycles.